The highest BCUT2D eigenvalue weighted by Gasteiger charge is 2.17. The molecule has 0 aliphatic carbocycles. The monoisotopic (exact) mass is 213 g/mol. The molecule has 0 fully saturated rings. The molecule has 0 amide bonds. The lowest BCUT2D eigenvalue weighted by atomic mass is 10.2. The zero-order valence-electron chi connectivity index (χ0n) is 8.02. The second-order valence-electron chi connectivity index (χ2n) is 2.98. The van der Waals surface area contributed by atoms with Crippen LogP contribution in [0.4, 0.5) is 4.39 Å². The number of benzene rings is 1. The molecule has 82 valence electrons. The number of hydrogen-bond donors (Lipinski definition) is 2. The number of carboxylic acid groups (broad SMARTS) is 1. The molecule has 3 N–H and O–H groups in total. The minimum absolute atomic E-state index is 0.215. The Morgan fingerprint density at radius 1 is 1.47 bits per heavy atom. The van der Waals surface area contributed by atoms with Gasteiger partial charge in [-0.3, -0.25) is 0 Å². The number of rotatable bonds is 5. The number of ether oxygens (including phenoxy) is 1. The van der Waals surface area contributed by atoms with E-state index >= 15 is 0 Å². The summed E-state index contributed by atoms with van der Waals surface area (Å²) in [6.07, 6.45) is -0.771. The van der Waals surface area contributed by atoms with Crippen LogP contribution in [0, 0.1) is 5.82 Å². The summed E-state index contributed by atoms with van der Waals surface area (Å²) in [7, 11) is 0. The Morgan fingerprint density at radius 3 is 2.53 bits per heavy atom. The summed E-state index contributed by atoms with van der Waals surface area (Å²) in [5.74, 6) is -1.16. The smallest absolute Gasteiger partial charge is 0.344 e. The van der Waals surface area contributed by atoms with Crippen molar-refractivity contribution in [3.63, 3.8) is 0 Å². The van der Waals surface area contributed by atoms with Gasteiger partial charge in [0.2, 0.25) is 0 Å². The van der Waals surface area contributed by atoms with Gasteiger partial charge in [0.05, 0.1) is 0 Å². The first-order chi connectivity index (χ1) is 7.13. The lowest BCUT2D eigenvalue weighted by Crippen LogP contribution is -2.29. The van der Waals surface area contributed by atoms with E-state index in [1.165, 1.54) is 24.3 Å². The summed E-state index contributed by atoms with van der Waals surface area (Å²) in [6.45, 7) is 0.220. The van der Waals surface area contributed by atoms with Gasteiger partial charge in [-0.05, 0) is 30.8 Å². The fourth-order valence-corrected chi connectivity index (χ4v) is 1.06. The zero-order chi connectivity index (χ0) is 11.3. The predicted octanol–water partition coefficient (Wildman–Crippen LogP) is 1.01. The molecule has 1 aromatic carbocycles. The van der Waals surface area contributed by atoms with Crippen molar-refractivity contribution in [1.29, 1.82) is 0 Å². The predicted molar refractivity (Wildman–Crippen MR) is 52.1 cm³/mol. The number of carboxylic acids is 1. The molecule has 0 aromatic heterocycles. The molecule has 1 aromatic rings. The van der Waals surface area contributed by atoms with Crippen LogP contribution in [-0.2, 0) is 4.79 Å². The summed E-state index contributed by atoms with van der Waals surface area (Å²) >= 11 is 0. The molecule has 0 radical (unpaired) electrons. The number of carbonyl (C=O) groups is 1. The average Bonchev–Trinajstić information content (AvgIpc) is 2.20. The van der Waals surface area contributed by atoms with Crippen LogP contribution in [-0.4, -0.2) is 23.7 Å². The summed E-state index contributed by atoms with van der Waals surface area (Å²) in [6, 6.07) is 5.16. The molecule has 0 heterocycles. The molecule has 15 heavy (non-hydrogen) atoms. The molecule has 1 atom stereocenters. The summed E-state index contributed by atoms with van der Waals surface area (Å²) < 4.78 is 17.7. The van der Waals surface area contributed by atoms with Gasteiger partial charge < -0.3 is 15.6 Å². The summed E-state index contributed by atoms with van der Waals surface area (Å²) in [5, 5.41) is 8.77. The van der Waals surface area contributed by atoms with Crippen LogP contribution in [0.15, 0.2) is 24.3 Å². The highest BCUT2D eigenvalue weighted by atomic mass is 19.1. The van der Waals surface area contributed by atoms with Crippen LogP contribution in [0.1, 0.15) is 6.42 Å². The van der Waals surface area contributed by atoms with Gasteiger partial charge in [-0.15, -0.1) is 0 Å². The van der Waals surface area contributed by atoms with Gasteiger partial charge >= 0.3 is 5.97 Å². The first kappa shape index (κ1) is 11.5. The van der Waals surface area contributed by atoms with Crippen LogP contribution < -0.4 is 10.5 Å². The fourth-order valence-electron chi connectivity index (χ4n) is 1.06. The maximum atomic E-state index is 12.5. The number of nitrogens with two attached hydrogens (primary N) is 1. The summed E-state index contributed by atoms with van der Waals surface area (Å²) in [5.41, 5.74) is 5.24. The SMILES string of the molecule is NCCC(Oc1ccc(F)cc1)C(=O)O. The third-order valence-electron chi connectivity index (χ3n) is 1.80. The van der Waals surface area contributed by atoms with Gasteiger partial charge in [-0.2, -0.15) is 0 Å². The van der Waals surface area contributed by atoms with Crippen molar-refractivity contribution in [3.05, 3.63) is 30.1 Å². The highest BCUT2D eigenvalue weighted by Crippen LogP contribution is 2.14. The van der Waals surface area contributed by atoms with E-state index in [4.69, 9.17) is 15.6 Å². The first-order valence-electron chi connectivity index (χ1n) is 4.48. The van der Waals surface area contributed by atoms with E-state index in [1.54, 1.807) is 0 Å². The Bertz CT molecular complexity index is 326. The maximum absolute atomic E-state index is 12.5. The van der Waals surface area contributed by atoms with Crippen molar-refractivity contribution in [1.82, 2.24) is 0 Å². The summed E-state index contributed by atoms with van der Waals surface area (Å²) in [4.78, 5) is 10.7. The molecule has 1 unspecified atom stereocenters. The largest absolute Gasteiger partial charge is 0.479 e. The Labute approximate surface area is 86.5 Å². The van der Waals surface area contributed by atoms with Gasteiger partial charge in [0.25, 0.3) is 0 Å². The molecular formula is C10H12FNO3. The van der Waals surface area contributed by atoms with Crippen LogP contribution in [0.25, 0.3) is 0 Å². The minimum Gasteiger partial charge on any atom is -0.479 e. The van der Waals surface area contributed by atoms with E-state index in [2.05, 4.69) is 0 Å². The van der Waals surface area contributed by atoms with Gasteiger partial charge in [0, 0.05) is 6.42 Å². The highest BCUT2D eigenvalue weighted by molar-refractivity contribution is 5.72. The van der Waals surface area contributed by atoms with Crippen LogP contribution in [0.5, 0.6) is 5.75 Å². The second-order valence-corrected chi connectivity index (χ2v) is 2.98. The van der Waals surface area contributed by atoms with Gasteiger partial charge in [0.1, 0.15) is 11.6 Å². The van der Waals surface area contributed by atoms with E-state index in [1.807, 2.05) is 0 Å². The molecule has 0 bridgehead atoms. The number of hydrogen-bond acceptors (Lipinski definition) is 3. The Balaban J connectivity index is 2.65. The van der Waals surface area contributed by atoms with E-state index in [9.17, 15) is 9.18 Å². The first-order valence-corrected chi connectivity index (χ1v) is 4.48. The van der Waals surface area contributed by atoms with E-state index in [0.717, 1.165) is 0 Å². The molecule has 0 spiro atoms. The van der Waals surface area contributed by atoms with E-state index < -0.39 is 17.9 Å². The van der Waals surface area contributed by atoms with Crippen molar-refractivity contribution < 1.29 is 19.0 Å². The zero-order valence-corrected chi connectivity index (χ0v) is 8.02. The third kappa shape index (κ3) is 3.55. The van der Waals surface area contributed by atoms with Gasteiger partial charge in [-0.1, -0.05) is 0 Å². The minimum atomic E-state index is -1.08. The third-order valence-corrected chi connectivity index (χ3v) is 1.80. The molecule has 0 aliphatic heterocycles. The van der Waals surface area contributed by atoms with Crippen molar-refractivity contribution in [2.75, 3.05) is 6.54 Å². The Kier molecular flexibility index (Phi) is 4.05. The topological polar surface area (TPSA) is 72.5 Å². The van der Waals surface area contributed by atoms with Gasteiger partial charge in [0.15, 0.2) is 6.10 Å². The fraction of sp³-hybridized carbons (Fsp3) is 0.300. The van der Waals surface area contributed by atoms with Crippen molar-refractivity contribution in [3.8, 4) is 5.75 Å². The van der Waals surface area contributed by atoms with Crippen molar-refractivity contribution >= 4 is 5.97 Å². The van der Waals surface area contributed by atoms with E-state index in [0.29, 0.717) is 5.75 Å². The molecule has 4 nitrogen and oxygen atoms in total. The molecule has 0 saturated heterocycles. The number of aliphatic carboxylic acids is 1. The van der Waals surface area contributed by atoms with Crippen LogP contribution in [0.3, 0.4) is 0 Å². The van der Waals surface area contributed by atoms with E-state index in [-0.39, 0.29) is 13.0 Å². The lowest BCUT2D eigenvalue weighted by molar-refractivity contribution is -0.145. The second kappa shape index (κ2) is 5.31. The van der Waals surface area contributed by atoms with Crippen LogP contribution >= 0.6 is 0 Å². The normalized spacial score (nSPS) is 12.1. The maximum Gasteiger partial charge on any atom is 0.344 e. The van der Waals surface area contributed by atoms with Crippen LogP contribution in [0.2, 0.25) is 0 Å². The molecule has 1 rings (SSSR count). The molecule has 0 aliphatic rings. The van der Waals surface area contributed by atoms with Crippen molar-refractivity contribution in [2.24, 2.45) is 5.73 Å². The Morgan fingerprint density at radius 2 is 2.07 bits per heavy atom. The Hall–Kier alpha value is -1.62. The molecule has 5 heteroatoms. The molecule has 0 saturated carbocycles. The molecular weight excluding hydrogens is 201 g/mol. The number of halogens is 1. The van der Waals surface area contributed by atoms with Crippen molar-refractivity contribution in [2.45, 2.75) is 12.5 Å². The lowest BCUT2D eigenvalue weighted by Gasteiger charge is -2.13. The standard InChI is InChI=1S/C10H12FNO3/c11-7-1-3-8(4-2-7)15-9(5-6-12)10(13)14/h1-4,9H,5-6,12H2,(H,13,14). The van der Waals surface area contributed by atoms with Gasteiger partial charge in [-0.25, -0.2) is 9.18 Å². The average molecular weight is 213 g/mol. The quantitative estimate of drug-likeness (QED) is 0.765.